The monoisotopic (exact) mass is 328 g/mol. The highest BCUT2D eigenvalue weighted by atomic mass is 16.5. The Labute approximate surface area is 145 Å². The Balaban J connectivity index is 1.70. The van der Waals surface area contributed by atoms with E-state index in [-0.39, 0.29) is 0 Å². The van der Waals surface area contributed by atoms with Crippen molar-refractivity contribution in [3.05, 3.63) is 48.5 Å². The van der Waals surface area contributed by atoms with E-state index in [0.717, 1.165) is 37.4 Å². The summed E-state index contributed by atoms with van der Waals surface area (Å²) in [6, 6.07) is 16.3. The van der Waals surface area contributed by atoms with E-state index >= 15 is 0 Å². The summed E-state index contributed by atoms with van der Waals surface area (Å²) in [5.41, 5.74) is 2.35. The van der Waals surface area contributed by atoms with Crippen molar-refractivity contribution in [3.8, 4) is 22.6 Å². The third-order valence-electron chi connectivity index (χ3n) is 4.10. The van der Waals surface area contributed by atoms with Crippen LogP contribution < -0.4 is 9.47 Å². The van der Waals surface area contributed by atoms with Gasteiger partial charge in [-0.25, -0.2) is 0 Å². The minimum Gasteiger partial charge on any atom is -0.497 e. The lowest BCUT2D eigenvalue weighted by Crippen LogP contribution is -1.97. The molecule has 3 heteroatoms. The maximum Gasteiger partial charge on any atom is 0.119 e. The van der Waals surface area contributed by atoms with Gasteiger partial charge in [0.1, 0.15) is 11.5 Å². The molecule has 3 nitrogen and oxygen atoms in total. The quantitative estimate of drug-likeness (QED) is 0.585. The molecule has 0 spiro atoms. The summed E-state index contributed by atoms with van der Waals surface area (Å²) >= 11 is 0. The molecule has 0 heterocycles. The molecule has 0 bridgehead atoms. The largest absolute Gasteiger partial charge is 0.497 e. The molecule has 0 saturated carbocycles. The maximum atomic E-state index is 8.72. The van der Waals surface area contributed by atoms with E-state index in [1.807, 2.05) is 24.3 Å². The highest BCUT2D eigenvalue weighted by Gasteiger charge is 2.00. The molecule has 24 heavy (non-hydrogen) atoms. The van der Waals surface area contributed by atoms with Crippen molar-refractivity contribution in [1.29, 1.82) is 0 Å². The average Bonchev–Trinajstić information content (AvgIpc) is 2.64. The van der Waals surface area contributed by atoms with Crippen molar-refractivity contribution in [3.63, 3.8) is 0 Å². The van der Waals surface area contributed by atoms with E-state index in [2.05, 4.69) is 24.3 Å². The minimum atomic E-state index is 0.315. The van der Waals surface area contributed by atoms with Crippen molar-refractivity contribution in [1.82, 2.24) is 0 Å². The zero-order valence-corrected chi connectivity index (χ0v) is 14.5. The molecular formula is C21H28O3. The van der Waals surface area contributed by atoms with Gasteiger partial charge in [0.05, 0.1) is 13.7 Å². The second kappa shape index (κ2) is 10.7. The zero-order chi connectivity index (χ0) is 17.0. The summed E-state index contributed by atoms with van der Waals surface area (Å²) in [4.78, 5) is 0. The number of rotatable bonds is 11. The molecule has 0 saturated heterocycles. The third-order valence-corrected chi connectivity index (χ3v) is 4.10. The fourth-order valence-corrected chi connectivity index (χ4v) is 2.64. The SMILES string of the molecule is COc1ccc(-c2ccc(OCCCCCCCCO)cc2)cc1. The number of unbranched alkanes of at least 4 members (excludes halogenated alkanes) is 5. The summed E-state index contributed by atoms with van der Waals surface area (Å²) in [6.45, 7) is 1.08. The van der Waals surface area contributed by atoms with Crippen LogP contribution in [0.15, 0.2) is 48.5 Å². The Bertz CT molecular complexity index is 561. The highest BCUT2D eigenvalue weighted by molar-refractivity contribution is 5.64. The normalized spacial score (nSPS) is 10.6. The van der Waals surface area contributed by atoms with Crippen LogP contribution in [0.25, 0.3) is 11.1 Å². The Hall–Kier alpha value is -2.00. The van der Waals surface area contributed by atoms with Crippen LogP contribution in [0.5, 0.6) is 11.5 Å². The van der Waals surface area contributed by atoms with Crippen LogP contribution in [0.1, 0.15) is 38.5 Å². The molecular weight excluding hydrogens is 300 g/mol. The summed E-state index contributed by atoms with van der Waals surface area (Å²) in [7, 11) is 1.68. The number of aliphatic hydroxyl groups is 1. The number of aliphatic hydroxyl groups excluding tert-OH is 1. The van der Waals surface area contributed by atoms with Gasteiger partial charge in [-0.15, -0.1) is 0 Å². The Morgan fingerprint density at radius 2 is 1.17 bits per heavy atom. The molecule has 0 amide bonds. The summed E-state index contributed by atoms with van der Waals surface area (Å²) in [6.07, 6.45) is 6.76. The first-order valence-corrected chi connectivity index (χ1v) is 8.81. The first-order valence-electron chi connectivity index (χ1n) is 8.81. The molecule has 130 valence electrons. The third kappa shape index (κ3) is 6.25. The van der Waals surface area contributed by atoms with Crippen LogP contribution in [0, 0.1) is 0 Å². The molecule has 0 unspecified atom stereocenters. The van der Waals surface area contributed by atoms with E-state index in [9.17, 15) is 0 Å². The van der Waals surface area contributed by atoms with Crippen LogP contribution in [-0.2, 0) is 0 Å². The summed E-state index contributed by atoms with van der Waals surface area (Å²) < 4.78 is 11.0. The Morgan fingerprint density at radius 1 is 0.667 bits per heavy atom. The van der Waals surface area contributed by atoms with Crippen LogP contribution >= 0.6 is 0 Å². The molecule has 0 fully saturated rings. The highest BCUT2D eigenvalue weighted by Crippen LogP contribution is 2.24. The van der Waals surface area contributed by atoms with Gasteiger partial charge in [0, 0.05) is 6.61 Å². The van der Waals surface area contributed by atoms with E-state index in [0.29, 0.717) is 6.61 Å². The predicted molar refractivity (Wildman–Crippen MR) is 98.7 cm³/mol. The van der Waals surface area contributed by atoms with Crippen molar-refractivity contribution in [2.75, 3.05) is 20.3 Å². The van der Waals surface area contributed by atoms with Gasteiger partial charge in [-0.3, -0.25) is 0 Å². The van der Waals surface area contributed by atoms with E-state index in [1.54, 1.807) is 7.11 Å². The van der Waals surface area contributed by atoms with Crippen LogP contribution in [-0.4, -0.2) is 25.4 Å². The first-order chi connectivity index (χ1) is 11.8. The van der Waals surface area contributed by atoms with Crippen LogP contribution in [0.3, 0.4) is 0 Å². The molecule has 0 aliphatic carbocycles. The zero-order valence-electron chi connectivity index (χ0n) is 14.5. The van der Waals surface area contributed by atoms with Gasteiger partial charge in [-0.05, 0) is 48.2 Å². The number of hydrogen-bond acceptors (Lipinski definition) is 3. The van der Waals surface area contributed by atoms with E-state index < -0.39 is 0 Å². The van der Waals surface area contributed by atoms with E-state index in [1.165, 1.54) is 30.4 Å². The molecule has 0 aromatic heterocycles. The van der Waals surface area contributed by atoms with Crippen molar-refractivity contribution < 1.29 is 14.6 Å². The smallest absolute Gasteiger partial charge is 0.119 e. The molecule has 2 aromatic rings. The predicted octanol–water partition coefficient (Wildman–Crippen LogP) is 5.07. The molecule has 0 aliphatic heterocycles. The number of hydrogen-bond donors (Lipinski definition) is 1. The molecule has 2 aromatic carbocycles. The lowest BCUT2D eigenvalue weighted by molar-refractivity contribution is 0.280. The van der Waals surface area contributed by atoms with Gasteiger partial charge < -0.3 is 14.6 Å². The van der Waals surface area contributed by atoms with Crippen LogP contribution in [0.2, 0.25) is 0 Å². The second-order valence-electron chi connectivity index (χ2n) is 5.95. The standard InChI is InChI=1S/C21H28O3/c1-23-20-12-8-18(9-13-20)19-10-14-21(15-11-19)24-17-7-5-3-2-4-6-16-22/h8-15,22H,2-7,16-17H2,1H3. The number of methoxy groups -OCH3 is 1. The van der Waals surface area contributed by atoms with Gasteiger partial charge in [0.15, 0.2) is 0 Å². The Morgan fingerprint density at radius 3 is 1.71 bits per heavy atom. The number of ether oxygens (including phenoxy) is 2. The van der Waals surface area contributed by atoms with Gasteiger partial charge >= 0.3 is 0 Å². The van der Waals surface area contributed by atoms with Gasteiger partial charge in [0.25, 0.3) is 0 Å². The fourth-order valence-electron chi connectivity index (χ4n) is 2.64. The molecule has 0 aliphatic rings. The summed E-state index contributed by atoms with van der Waals surface area (Å²) in [5.74, 6) is 1.79. The van der Waals surface area contributed by atoms with Crippen molar-refractivity contribution in [2.45, 2.75) is 38.5 Å². The maximum absolute atomic E-state index is 8.72. The van der Waals surface area contributed by atoms with Crippen LogP contribution in [0.4, 0.5) is 0 Å². The van der Waals surface area contributed by atoms with Gasteiger partial charge in [-0.1, -0.05) is 49.9 Å². The number of benzene rings is 2. The second-order valence-corrected chi connectivity index (χ2v) is 5.95. The molecule has 1 N–H and O–H groups in total. The molecule has 0 atom stereocenters. The fraction of sp³-hybridized carbons (Fsp3) is 0.429. The molecule has 2 rings (SSSR count). The minimum absolute atomic E-state index is 0.315. The average molecular weight is 328 g/mol. The first kappa shape index (κ1) is 18.3. The van der Waals surface area contributed by atoms with Gasteiger partial charge in [-0.2, -0.15) is 0 Å². The topological polar surface area (TPSA) is 38.7 Å². The molecule has 0 radical (unpaired) electrons. The van der Waals surface area contributed by atoms with E-state index in [4.69, 9.17) is 14.6 Å². The van der Waals surface area contributed by atoms with Crippen molar-refractivity contribution in [2.24, 2.45) is 0 Å². The Kier molecular flexibility index (Phi) is 8.19. The van der Waals surface area contributed by atoms with Gasteiger partial charge in [0.2, 0.25) is 0 Å². The lowest BCUT2D eigenvalue weighted by atomic mass is 10.1. The van der Waals surface area contributed by atoms with Crippen molar-refractivity contribution >= 4 is 0 Å². The lowest BCUT2D eigenvalue weighted by Gasteiger charge is -2.08. The summed E-state index contributed by atoms with van der Waals surface area (Å²) in [5, 5.41) is 8.72.